The molecule has 0 aromatic rings. The fourth-order valence-electron chi connectivity index (χ4n) is 1.38. The minimum Gasteiger partial charge on any atom is -0.390 e. The third-order valence-electron chi connectivity index (χ3n) is 2.35. The summed E-state index contributed by atoms with van der Waals surface area (Å²) in [4.78, 5) is 0. The van der Waals surface area contributed by atoms with Gasteiger partial charge in [0.15, 0.2) is 0 Å². The molecule has 0 amide bonds. The Bertz CT molecular complexity index is 87.0. The molecule has 1 aliphatic carbocycles. The van der Waals surface area contributed by atoms with E-state index in [2.05, 4.69) is 6.92 Å². The van der Waals surface area contributed by atoms with Gasteiger partial charge in [0.05, 0.1) is 5.60 Å². The summed E-state index contributed by atoms with van der Waals surface area (Å²) in [6.45, 7) is 8.20. The van der Waals surface area contributed by atoms with Gasteiger partial charge in [-0.2, -0.15) is 0 Å². The molecule has 1 aliphatic rings. The summed E-state index contributed by atoms with van der Waals surface area (Å²) in [6, 6.07) is 0. The molecule has 68 valence electrons. The SMILES string of the molecule is CC.CC1CCC(C)(O)CC1. The lowest BCUT2D eigenvalue weighted by atomic mass is 9.81. The Morgan fingerprint density at radius 2 is 1.55 bits per heavy atom. The second-order valence-corrected chi connectivity index (χ2v) is 3.68. The van der Waals surface area contributed by atoms with E-state index in [0.29, 0.717) is 0 Å². The van der Waals surface area contributed by atoms with Crippen molar-refractivity contribution in [3.05, 3.63) is 0 Å². The van der Waals surface area contributed by atoms with Crippen LogP contribution in [-0.4, -0.2) is 10.7 Å². The highest BCUT2D eigenvalue weighted by molar-refractivity contribution is 4.79. The largest absolute Gasteiger partial charge is 0.390 e. The van der Waals surface area contributed by atoms with Gasteiger partial charge in [-0.15, -0.1) is 0 Å². The zero-order valence-corrected chi connectivity index (χ0v) is 8.35. The van der Waals surface area contributed by atoms with Crippen LogP contribution in [0.4, 0.5) is 0 Å². The normalized spacial score (nSPS) is 37.4. The van der Waals surface area contributed by atoms with Crippen LogP contribution in [0.15, 0.2) is 0 Å². The summed E-state index contributed by atoms with van der Waals surface area (Å²) in [5.41, 5.74) is -0.341. The summed E-state index contributed by atoms with van der Waals surface area (Å²) in [6.07, 6.45) is 4.39. The molecule has 1 fully saturated rings. The van der Waals surface area contributed by atoms with Gasteiger partial charge in [-0.3, -0.25) is 0 Å². The van der Waals surface area contributed by atoms with Crippen molar-refractivity contribution >= 4 is 0 Å². The first kappa shape index (κ1) is 11.0. The van der Waals surface area contributed by atoms with Crippen molar-refractivity contribution < 1.29 is 5.11 Å². The smallest absolute Gasteiger partial charge is 0.0620 e. The summed E-state index contributed by atoms with van der Waals surface area (Å²) in [5.74, 6) is 0.838. The van der Waals surface area contributed by atoms with Gasteiger partial charge in [0.2, 0.25) is 0 Å². The van der Waals surface area contributed by atoms with Gasteiger partial charge in [-0.05, 0) is 38.5 Å². The van der Waals surface area contributed by atoms with Gasteiger partial charge in [0, 0.05) is 0 Å². The molecular weight excluding hydrogens is 136 g/mol. The summed E-state index contributed by atoms with van der Waals surface area (Å²) < 4.78 is 0. The van der Waals surface area contributed by atoms with Gasteiger partial charge in [-0.1, -0.05) is 20.8 Å². The molecule has 0 aromatic heterocycles. The Balaban J connectivity index is 0.000000461. The molecule has 1 saturated carbocycles. The number of rotatable bonds is 0. The van der Waals surface area contributed by atoms with E-state index in [1.54, 1.807) is 0 Å². The third-order valence-corrected chi connectivity index (χ3v) is 2.35. The Kier molecular flexibility index (Phi) is 4.74. The fourth-order valence-corrected chi connectivity index (χ4v) is 1.38. The maximum Gasteiger partial charge on any atom is 0.0620 e. The summed E-state index contributed by atoms with van der Waals surface area (Å²) in [7, 11) is 0. The second kappa shape index (κ2) is 4.76. The van der Waals surface area contributed by atoms with Crippen LogP contribution in [0.3, 0.4) is 0 Å². The highest BCUT2D eigenvalue weighted by Crippen LogP contribution is 2.30. The van der Waals surface area contributed by atoms with Crippen molar-refractivity contribution in [1.82, 2.24) is 0 Å². The van der Waals surface area contributed by atoms with Crippen LogP contribution in [0.1, 0.15) is 53.4 Å². The molecule has 0 saturated heterocycles. The molecule has 1 rings (SSSR count). The van der Waals surface area contributed by atoms with E-state index >= 15 is 0 Å². The van der Waals surface area contributed by atoms with Gasteiger partial charge >= 0.3 is 0 Å². The van der Waals surface area contributed by atoms with E-state index < -0.39 is 0 Å². The standard InChI is InChI=1S/C8H16O.C2H6/c1-7-3-5-8(2,9)6-4-7;1-2/h7,9H,3-6H2,1-2H3;1-2H3. The zero-order chi connectivity index (χ0) is 8.91. The van der Waals surface area contributed by atoms with Crippen LogP contribution in [0.2, 0.25) is 0 Å². The molecule has 0 aromatic carbocycles. The lowest BCUT2D eigenvalue weighted by molar-refractivity contribution is 0.0104. The van der Waals surface area contributed by atoms with E-state index in [0.717, 1.165) is 18.8 Å². The van der Waals surface area contributed by atoms with Gasteiger partial charge in [-0.25, -0.2) is 0 Å². The molecule has 11 heavy (non-hydrogen) atoms. The quantitative estimate of drug-likeness (QED) is 0.574. The Labute approximate surface area is 70.8 Å². The number of hydrogen-bond acceptors (Lipinski definition) is 1. The van der Waals surface area contributed by atoms with E-state index in [9.17, 15) is 5.11 Å². The van der Waals surface area contributed by atoms with Crippen molar-refractivity contribution in [3.63, 3.8) is 0 Å². The zero-order valence-electron chi connectivity index (χ0n) is 8.35. The minimum absolute atomic E-state index is 0.341. The van der Waals surface area contributed by atoms with Crippen LogP contribution in [0.25, 0.3) is 0 Å². The number of aliphatic hydroxyl groups is 1. The predicted molar refractivity (Wildman–Crippen MR) is 49.6 cm³/mol. The average molecular weight is 158 g/mol. The van der Waals surface area contributed by atoms with Crippen LogP contribution >= 0.6 is 0 Å². The second-order valence-electron chi connectivity index (χ2n) is 3.68. The molecule has 0 heterocycles. The highest BCUT2D eigenvalue weighted by atomic mass is 16.3. The lowest BCUT2D eigenvalue weighted by Crippen LogP contribution is -2.29. The maximum absolute atomic E-state index is 9.49. The summed E-state index contributed by atoms with van der Waals surface area (Å²) >= 11 is 0. The van der Waals surface area contributed by atoms with E-state index in [1.165, 1.54) is 12.8 Å². The molecule has 1 nitrogen and oxygen atoms in total. The Hall–Kier alpha value is -0.0400. The molecule has 0 atom stereocenters. The molecule has 0 aliphatic heterocycles. The van der Waals surface area contributed by atoms with Crippen molar-refractivity contribution in [2.45, 2.75) is 59.0 Å². The molecule has 0 spiro atoms. The van der Waals surface area contributed by atoms with Crippen molar-refractivity contribution in [2.75, 3.05) is 0 Å². The lowest BCUT2D eigenvalue weighted by Gasteiger charge is -2.31. The first-order chi connectivity index (χ1) is 5.10. The van der Waals surface area contributed by atoms with E-state index in [4.69, 9.17) is 0 Å². The van der Waals surface area contributed by atoms with Crippen molar-refractivity contribution in [3.8, 4) is 0 Å². The maximum atomic E-state index is 9.49. The van der Waals surface area contributed by atoms with Crippen LogP contribution < -0.4 is 0 Å². The summed E-state index contributed by atoms with van der Waals surface area (Å²) in [5, 5.41) is 9.49. The molecule has 1 heteroatoms. The van der Waals surface area contributed by atoms with Crippen LogP contribution in [0, 0.1) is 5.92 Å². The third kappa shape index (κ3) is 4.41. The predicted octanol–water partition coefficient (Wildman–Crippen LogP) is 2.97. The minimum atomic E-state index is -0.341. The van der Waals surface area contributed by atoms with Gasteiger partial charge in [0.1, 0.15) is 0 Å². The topological polar surface area (TPSA) is 20.2 Å². The highest BCUT2D eigenvalue weighted by Gasteiger charge is 2.26. The first-order valence-corrected chi connectivity index (χ1v) is 4.82. The van der Waals surface area contributed by atoms with E-state index in [1.807, 2.05) is 20.8 Å². The van der Waals surface area contributed by atoms with Gasteiger partial charge < -0.3 is 5.11 Å². The van der Waals surface area contributed by atoms with E-state index in [-0.39, 0.29) is 5.60 Å². The monoisotopic (exact) mass is 158 g/mol. The Morgan fingerprint density at radius 1 is 1.18 bits per heavy atom. The van der Waals surface area contributed by atoms with Crippen LogP contribution in [0.5, 0.6) is 0 Å². The molecule has 0 unspecified atom stereocenters. The molecule has 1 N–H and O–H groups in total. The fraction of sp³-hybridized carbons (Fsp3) is 1.00. The van der Waals surface area contributed by atoms with Crippen molar-refractivity contribution in [1.29, 1.82) is 0 Å². The van der Waals surface area contributed by atoms with Gasteiger partial charge in [0.25, 0.3) is 0 Å². The number of hydrogen-bond donors (Lipinski definition) is 1. The van der Waals surface area contributed by atoms with Crippen molar-refractivity contribution in [2.24, 2.45) is 5.92 Å². The molecule has 0 bridgehead atoms. The molecule has 0 radical (unpaired) electrons. The Morgan fingerprint density at radius 3 is 1.82 bits per heavy atom. The first-order valence-electron chi connectivity index (χ1n) is 4.82. The van der Waals surface area contributed by atoms with Crippen LogP contribution in [-0.2, 0) is 0 Å². The average Bonchev–Trinajstić information content (AvgIpc) is 2.00. The molecular formula is C10H22O.